The summed E-state index contributed by atoms with van der Waals surface area (Å²) in [5.41, 5.74) is 0.888. The summed E-state index contributed by atoms with van der Waals surface area (Å²) >= 11 is 5.75. The molecule has 0 fully saturated rings. The van der Waals surface area contributed by atoms with Gasteiger partial charge in [0.2, 0.25) is 0 Å². The predicted octanol–water partition coefficient (Wildman–Crippen LogP) is 3.05. The first-order valence-corrected chi connectivity index (χ1v) is 4.68. The summed E-state index contributed by atoms with van der Waals surface area (Å²) in [4.78, 5) is 11.6. The molecule has 0 N–H and O–H groups in total. The van der Waals surface area contributed by atoms with Crippen LogP contribution < -0.4 is 0 Å². The Hall–Kier alpha value is -1.33. The van der Waals surface area contributed by atoms with Crippen molar-refractivity contribution < 1.29 is 4.79 Å². The van der Waals surface area contributed by atoms with E-state index in [0.717, 1.165) is 0 Å². The van der Waals surface area contributed by atoms with Gasteiger partial charge in [-0.15, -0.1) is 0 Å². The van der Waals surface area contributed by atoms with Crippen LogP contribution in [0.25, 0.3) is 0 Å². The molecule has 0 spiro atoms. The Morgan fingerprint density at radius 2 is 2.14 bits per heavy atom. The summed E-state index contributed by atoms with van der Waals surface area (Å²) in [6, 6.07) is 6.70. The predicted molar refractivity (Wildman–Crippen MR) is 55.3 cm³/mol. The van der Waals surface area contributed by atoms with Crippen LogP contribution in [-0.4, -0.2) is 5.78 Å². The molecule has 0 heterocycles. The van der Waals surface area contributed by atoms with Crippen LogP contribution in [0.3, 0.4) is 0 Å². The number of hydrogen-bond donors (Lipinski definition) is 0. The van der Waals surface area contributed by atoms with Gasteiger partial charge < -0.3 is 0 Å². The number of carbonyl (C=O) groups excluding carboxylic acids is 1. The number of nitriles is 1. The molecule has 72 valence electrons. The Bertz CT molecular complexity index is 404. The van der Waals surface area contributed by atoms with Gasteiger partial charge in [-0.2, -0.15) is 5.26 Å². The summed E-state index contributed by atoms with van der Waals surface area (Å²) in [5.74, 6) is -0.0408. The highest BCUT2D eigenvalue weighted by molar-refractivity contribution is 6.31. The van der Waals surface area contributed by atoms with Crippen molar-refractivity contribution in [2.75, 3.05) is 0 Å². The van der Waals surface area contributed by atoms with Crippen molar-refractivity contribution in [3.05, 3.63) is 34.3 Å². The van der Waals surface area contributed by atoms with Crippen LogP contribution in [0.1, 0.15) is 29.8 Å². The molecule has 2 nitrogen and oxygen atoms in total. The number of halogens is 1. The summed E-state index contributed by atoms with van der Waals surface area (Å²) in [6.45, 7) is 3.64. The summed E-state index contributed by atoms with van der Waals surface area (Å²) in [6.07, 6.45) is 0. The van der Waals surface area contributed by atoms with Crippen LogP contribution in [0.5, 0.6) is 0 Å². The Kier molecular flexibility index (Phi) is 3.27. The van der Waals surface area contributed by atoms with Crippen molar-refractivity contribution in [2.24, 2.45) is 5.92 Å². The van der Waals surface area contributed by atoms with Crippen LogP contribution in [0.15, 0.2) is 18.2 Å². The highest BCUT2D eigenvalue weighted by Crippen LogP contribution is 2.18. The van der Waals surface area contributed by atoms with Gasteiger partial charge in [0.25, 0.3) is 0 Å². The fourth-order valence-electron chi connectivity index (χ4n) is 1.10. The van der Waals surface area contributed by atoms with Crippen molar-refractivity contribution in [1.29, 1.82) is 5.26 Å². The summed E-state index contributed by atoms with van der Waals surface area (Å²) in [7, 11) is 0. The quantitative estimate of drug-likeness (QED) is 0.700. The molecule has 1 rings (SSSR count). The van der Waals surface area contributed by atoms with Crippen molar-refractivity contribution in [1.82, 2.24) is 0 Å². The van der Waals surface area contributed by atoms with E-state index in [1.807, 2.05) is 19.9 Å². The zero-order chi connectivity index (χ0) is 10.7. The zero-order valence-corrected chi connectivity index (χ0v) is 8.80. The van der Waals surface area contributed by atoms with Crippen molar-refractivity contribution in [3.8, 4) is 6.07 Å². The molecular formula is C11H10ClNO. The highest BCUT2D eigenvalue weighted by atomic mass is 35.5. The smallest absolute Gasteiger partial charge is 0.165 e. The number of carbonyl (C=O) groups is 1. The van der Waals surface area contributed by atoms with Crippen LogP contribution in [0.4, 0.5) is 0 Å². The average Bonchev–Trinajstić information content (AvgIpc) is 2.17. The minimum Gasteiger partial charge on any atom is -0.294 e. The first-order chi connectivity index (χ1) is 6.56. The van der Waals surface area contributed by atoms with Crippen LogP contribution in [0, 0.1) is 17.2 Å². The minimum absolute atomic E-state index is 0.0261. The van der Waals surface area contributed by atoms with Gasteiger partial charge in [0.15, 0.2) is 5.78 Å². The summed E-state index contributed by atoms with van der Waals surface area (Å²) in [5, 5.41) is 9.10. The second kappa shape index (κ2) is 4.26. The van der Waals surface area contributed by atoms with E-state index in [1.54, 1.807) is 12.1 Å². The Morgan fingerprint density at radius 1 is 1.50 bits per heavy atom. The molecule has 0 aliphatic rings. The van der Waals surface area contributed by atoms with E-state index in [-0.39, 0.29) is 11.7 Å². The second-order valence-corrected chi connectivity index (χ2v) is 3.73. The minimum atomic E-state index is -0.0669. The van der Waals surface area contributed by atoms with E-state index >= 15 is 0 Å². The van der Waals surface area contributed by atoms with Gasteiger partial charge in [0, 0.05) is 11.5 Å². The van der Waals surface area contributed by atoms with Crippen LogP contribution in [-0.2, 0) is 0 Å². The van der Waals surface area contributed by atoms with Crippen molar-refractivity contribution in [2.45, 2.75) is 13.8 Å². The molecule has 0 aliphatic heterocycles. The molecule has 3 heteroatoms. The maximum absolute atomic E-state index is 11.6. The largest absolute Gasteiger partial charge is 0.294 e. The fourth-order valence-corrected chi connectivity index (χ4v) is 1.26. The molecule has 1 aromatic rings. The zero-order valence-electron chi connectivity index (χ0n) is 8.04. The maximum Gasteiger partial charge on any atom is 0.165 e. The van der Waals surface area contributed by atoms with E-state index < -0.39 is 0 Å². The maximum atomic E-state index is 11.6. The molecule has 0 amide bonds. The lowest BCUT2D eigenvalue weighted by Gasteiger charge is -2.04. The van der Waals surface area contributed by atoms with E-state index in [9.17, 15) is 4.79 Å². The third-order valence-corrected chi connectivity index (χ3v) is 2.23. The number of hydrogen-bond acceptors (Lipinski definition) is 2. The third kappa shape index (κ3) is 2.12. The van der Waals surface area contributed by atoms with Crippen molar-refractivity contribution in [3.63, 3.8) is 0 Å². The molecule has 0 aliphatic carbocycles. The van der Waals surface area contributed by atoms with Gasteiger partial charge in [-0.3, -0.25) is 4.79 Å². The number of nitrogens with zero attached hydrogens (tertiary/aromatic N) is 1. The van der Waals surface area contributed by atoms with Crippen molar-refractivity contribution >= 4 is 17.4 Å². The van der Waals surface area contributed by atoms with Gasteiger partial charge in [-0.1, -0.05) is 25.4 Å². The van der Waals surface area contributed by atoms with E-state index in [4.69, 9.17) is 16.9 Å². The molecule has 14 heavy (non-hydrogen) atoms. The van der Waals surface area contributed by atoms with E-state index in [2.05, 4.69) is 0 Å². The molecule has 0 radical (unpaired) electrons. The molecule has 0 unspecified atom stereocenters. The first kappa shape index (κ1) is 10.7. The lowest BCUT2D eigenvalue weighted by Crippen LogP contribution is -2.07. The molecule has 0 bridgehead atoms. The normalized spacial score (nSPS) is 9.93. The number of rotatable bonds is 2. The lowest BCUT2D eigenvalue weighted by molar-refractivity contribution is 0.0939. The highest BCUT2D eigenvalue weighted by Gasteiger charge is 2.11. The van der Waals surface area contributed by atoms with Gasteiger partial charge in [-0.05, 0) is 18.2 Å². The van der Waals surface area contributed by atoms with Gasteiger partial charge in [0.1, 0.15) is 6.07 Å². The first-order valence-electron chi connectivity index (χ1n) is 4.30. The molecule has 0 aromatic heterocycles. The van der Waals surface area contributed by atoms with Gasteiger partial charge >= 0.3 is 0 Å². The monoisotopic (exact) mass is 207 g/mol. The Labute approximate surface area is 88.1 Å². The van der Waals surface area contributed by atoms with Crippen LogP contribution >= 0.6 is 11.6 Å². The fraction of sp³-hybridized carbons (Fsp3) is 0.273. The van der Waals surface area contributed by atoms with E-state index in [1.165, 1.54) is 6.07 Å². The Balaban J connectivity index is 3.15. The molecular weight excluding hydrogens is 198 g/mol. The second-order valence-electron chi connectivity index (χ2n) is 3.33. The number of benzene rings is 1. The molecule has 0 saturated heterocycles. The van der Waals surface area contributed by atoms with Crippen LogP contribution in [0.2, 0.25) is 5.02 Å². The number of ketones is 1. The molecule has 0 saturated carbocycles. The standard InChI is InChI=1S/C11H10ClNO/c1-7(2)11(14)8-3-4-10(12)9(5-8)6-13/h3-5,7H,1-2H3. The average molecular weight is 208 g/mol. The third-order valence-electron chi connectivity index (χ3n) is 1.90. The Morgan fingerprint density at radius 3 is 2.64 bits per heavy atom. The molecule has 1 aromatic carbocycles. The van der Waals surface area contributed by atoms with Gasteiger partial charge in [-0.25, -0.2) is 0 Å². The topological polar surface area (TPSA) is 40.9 Å². The lowest BCUT2D eigenvalue weighted by atomic mass is 10.00. The SMILES string of the molecule is CC(C)C(=O)c1ccc(Cl)c(C#N)c1. The number of Topliss-reactive ketones (excluding diaryl/α,β-unsaturated/α-hetero) is 1. The summed E-state index contributed by atoms with van der Waals surface area (Å²) < 4.78 is 0. The van der Waals surface area contributed by atoms with Gasteiger partial charge in [0.05, 0.1) is 10.6 Å². The van der Waals surface area contributed by atoms with E-state index in [0.29, 0.717) is 16.1 Å². The molecule has 0 atom stereocenters.